The van der Waals surface area contributed by atoms with E-state index >= 15 is 0 Å². The van der Waals surface area contributed by atoms with Gasteiger partial charge in [0.25, 0.3) is 0 Å². The standard InChI is InChI=1S/C14H31N3O/c1-6-17(12(2)10-16(4)5)11-14-8-7-13(18-14)9-15-3/h12-15H,6-11H2,1-5H3. The SMILES string of the molecule is CCN(CC1CCC(CNC)O1)C(C)CN(C)C. The van der Waals surface area contributed by atoms with Crippen LogP contribution in [0.25, 0.3) is 0 Å². The van der Waals surface area contributed by atoms with Crippen LogP contribution in [0.3, 0.4) is 0 Å². The maximum absolute atomic E-state index is 6.07. The van der Waals surface area contributed by atoms with Crippen LogP contribution in [0.15, 0.2) is 0 Å². The lowest BCUT2D eigenvalue weighted by atomic mass is 10.1. The second kappa shape index (κ2) is 8.10. The number of hydrogen-bond donors (Lipinski definition) is 1. The highest BCUT2D eigenvalue weighted by Crippen LogP contribution is 2.20. The van der Waals surface area contributed by atoms with E-state index in [0.717, 1.165) is 26.2 Å². The number of nitrogens with one attached hydrogen (secondary N) is 1. The van der Waals surface area contributed by atoms with E-state index in [1.54, 1.807) is 0 Å². The minimum absolute atomic E-state index is 0.419. The van der Waals surface area contributed by atoms with Crippen molar-refractivity contribution in [2.45, 2.75) is 44.9 Å². The molecule has 4 heteroatoms. The molecular formula is C14H31N3O. The molecule has 0 aromatic heterocycles. The second-order valence-electron chi connectivity index (χ2n) is 5.71. The van der Waals surface area contributed by atoms with Gasteiger partial charge in [-0.25, -0.2) is 0 Å². The van der Waals surface area contributed by atoms with Gasteiger partial charge >= 0.3 is 0 Å². The summed E-state index contributed by atoms with van der Waals surface area (Å²) in [4.78, 5) is 4.79. The molecule has 3 atom stereocenters. The van der Waals surface area contributed by atoms with E-state index in [1.807, 2.05) is 7.05 Å². The van der Waals surface area contributed by atoms with E-state index < -0.39 is 0 Å². The van der Waals surface area contributed by atoms with Gasteiger partial charge in [-0.05, 0) is 47.5 Å². The molecule has 1 saturated heterocycles. The van der Waals surface area contributed by atoms with Crippen molar-refractivity contribution in [2.75, 3.05) is 47.3 Å². The molecule has 0 amide bonds. The zero-order valence-electron chi connectivity index (χ0n) is 12.8. The summed E-state index contributed by atoms with van der Waals surface area (Å²) in [5, 5.41) is 3.20. The van der Waals surface area contributed by atoms with Crippen molar-refractivity contribution in [2.24, 2.45) is 0 Å². The van der Waals surface area contributed by atoms with E-state index in [0.29, 0.717) is 18.2 Å². The molecule has 0 spiro atoms. The van der Waals surface area contributed by atoms with Gasteiger partial charge in [0.15, 0.2) is 0 Å². The molecule has 18 heavy (non-hydrogen) atoms. The van der Waals surface area contributed by atoms with Gasteiger partial charge < -0.3 is 15.0 Å². The zero-order chi connectivity index (χ0) is 13.5. The average molecular weight is 257 g/mol. The molecule has 0 radical (unpaired) electrons. The van der Waals surface area contributed by atoms with Gasteiger partial charge in [-0.3, -0.25) is 4.90 Å². The molecule has 0 aromatic carbocycles. The molecule has 108 valence electrons. The average Bonchev–Trinajstić information content (AvgIpc) is 2.73. The molecule has 0 saturated carbocycles. The fraction of sp³-hybridized carbons (Fsp3) is 1.00. The maximum Gasteiger partial charge on any atom is 0.0707 e. The Hall–Kier alpha value is -0.160. The van der Waals surface area contributed by atoms with Crippen molar-refractivity contribution in [1.29, 1.82) is 0 Å². The topological polar surface area (TPSA) is 27.7 Å². The summed E-state index contributed by atoms with van der Waals surface area (Å²) in [6, 6.07) is 0.594. The van der Waals surface area contributed by atoms with Crippen molar-refractivity contribution < 1.29 is 4.74 Å². The summed E-state index contributed by atoms with van der Waals surface area (Å²) < 4.78 is 6.07. The molecule has 0 aliphatic carbocycles. The van der Waals surface area contributed by atoms with Crippen LogP contribution in [-0.4, -0.2) is 75.4 Å². The Morgan fingerprint density at radius 1 is 1.28 bits per heavy atom. The first-order valence-corrected chi connectivity index (χ1v) is 7.25. The van der Waals surface area contributed by atoms with Gasteiger partial charge in [0, 0.05) is 25.7 Å². The Balaban J connectivity index is 2.35. The number of hydrogen-bond acceptors (Lipinski definition) is 4. The molecule has 0 bridgehead atoms. The predicted octanol–water partition coefficient (Wildman–Crippen LogP) is 1.03. The molecule has 3 unspecified atom stereocenters. The second-order valence-corrected chi connectivity index (χ2v) is 5.71. The normalized spacial score (nSPS) is 26.2. The summed E-state index contributed by atoms with van der Waals surface area (Å²) in [5.41, 5.74) is 0. The van der Waals surface area contributed by atoms with Crippen molar-refractivity contribution in [3.63, 3.8) is 0 Å². The van der Waals surface area contributed by atoms with E-state index in [1.165, 1.54) is 12.8 Å². The van der Waals surface area contributed by atoms with Crippen molar-refractivity contribution in [3.8, 4) is 0 Å². The van der Waals surface area contributed by atoms with E-state index in [9.17, 15) is 0 Å². The lowest BCUT2D eigenvalue weighted by Gasteiger charge is -2.31. The highest BCUT2D eigenvalue weighted by molar-refractivity contribution is 4.79. The number of rotatable bonds is 8. The van der Waals surface area contributed by atoms with Gasteiger partial charge in [-0.2, -0.15) is 0 Å². The van der Waals surface area contributed by atoms with Crippen molar-refractivity contribution in [1.82, 2.24) is 15.1 Å². The third-order valence-electron chi connectivity index (χ3n) is 3.72. The van der Waals surface area contributed by atoms with Crippen LogP contribution in [0, 0.1) is 0 Å². The van der Waals surface area contributed by atoms with Crippen LogP contribution in [0.1, 0.15) is 26.7 Å². The van der Waals surface area contributed by atoms with E-state index in [-0.39, 0.29) is 0 Å². The largest absolute Gasteiger partial charge is 0.372 e. The summed E-state index contributed by atoms with van der Waals surface area (Å²) in [5.74, 6) is 0. The number of likely N-dealkylation sites (N-methyl/N-ethyl adjacent to an activating group) is 3. The first-order valence-electron chi connectivity index (χ1n) is 7.25. The summed E-state index contributed by atoms with van der Waals surface area (Å²) in [7, 11) is 6.27. The smallest absolute Gasteiger partial charge is 0.0707 e. The van der Waals surface area contributed by atoms with Crippen molar-refractivity contribution in [3.05, 3.63) is 0 Å². The first-order chi connectivity index (χ1) is 8.56. The molecule has 1 rings (SSSR count). The van der Waals surface area contributed by atoms with Gasteiger partial charge in [0.1, 0.15) is 0 Å². The van der Waals surface area contributed by atoms with Crippen LogP contribution in [0.4, 0.5) is 0 Å². The lowest BCUT2D eigenvalue weighted by molar-refractivity contribution is 0.0155. The molecular weight excluding hydrogens is 226 g/mol. The third kappa shape index (κ3) is 5.22. The molecule has 0 aromatic rings. The Labute approximate surface area is 113 Å². The minimum Gasteiger partial charge on any atom is -0.372 e. The molecule has 1 heterocycles. The monoisotopic (exact) mass is 257 g/mol. The van der Waals surface area contributed by atoms with Crippen LogP contribution in [-0.2, 0) is 4.74 Å². The van der Waals surface area contributed by atoms with Gasteiger partial charge in [-0.1, -0.05) is 6.92 Å². The first kappa shape index (κ1) is 15.9. The van der Waals surface area contributed by atoms with Crippen molar-refractivity contribution >= 4 is 0 Å². The van der Waals surface area contributed by atoms with Crippen LogP contribution in [0.2, 0.25) is 0 Å². The van der Waals surface area contributed by atoms with Gasteiger partial charge in [-0.15, -0.1) is 0 Å². The summed E-state index contributed by atoms with van der Waals surface area (Å²) in [6.45, 7) is 8.82. The zero-order valence-corrected chi connectivity index (χ0v) is 12.8. The molecule has 1 fully saturated rings. The Kier molecular flexibility index (Phi) is 7.15. The molecule has 4 nitrogen and oxygen atoms in total. The minimum atomic E-state index is 0.419. The molecule has 1 N–H and O–H groups in total. The van der Waals surface area contributed by atoms with E-state index in [2.05, 4.69) is 43.1 Å². The number of nitrogens with zero attached hydrogens (tertiary/aromatic N) is 2. The third-order valence-corrected chi connectivity index (χ3v) is 3.72. The fourth-order valence-corrected chi connectivity index (χ4v) is 2.82. The van der Waals surface area contributed by atoms with Crippen LogP contribution in [0.5, 0.6) is 0 Å². The van der Waals surface area contributed by atoms with Crippen LogP contribution >= 0.6 is 0 Å². The highest BCUT2D eigenvalue weighted by atomic mass is 16.5. The van der Waals surface area contributed by atoms with Crippen LogP contribution < -0.4 is 5.32 Å². The maximum atomic E-state index is 6.07. The predicted molar refractivity (Wildman–Crippen MR) is 77.1 cm³/mol. The van der Waals surface area contributed by atoms with E-state index in [4.69, 9.17) is 4.74 Å². The Bertz CT molecular complexity index is 223. The summed E-state index contributed by atoms with van der Waals surface area (Å²) >= 11 is 0. The fourth-order valence-electron chi connectivity index (χ4n) is 2.82. The Morgan fingerprint density at radius 2 is 1.94 bits per heavy atom. The summed E-state index contributed by atoms with van der Waals surface area (Å²) in [6.07, 6.45) is 3.25. The number of ether oxygens (including phenoxy) is 1. The van der Waals surface area contributed by atoms with Gasteiger partial charge in [0.05, 0.1) is 12.2 Å². The van der Waals surface area contributed by atoms with Gasteiger partial charge in [0.2, 0.25) is 0 Å². The molecule has 1 aliphatic heterocycles. The highest BCUT2D eigenvalue weighted by Gasteiger charge is 2.27. The lowest BCUT2D eigenvalue weighted by Crippen LogP contribution is -2.43. The quantitative estimate of drug-likeness (QED) is 0.703. The Morgan fingerprint density at radius 3 is 2.50 bits per heavy atom. The molecule has 1 aliphatic rings.